The number of thioether (sulfide) groups is 2. The van der Waals surface area contributed by atoms with E-state index >= 15 is 0 Å². The molecule has 1 aliphatic carbocycles. The van der Waals surface area contributed by atoms with Crippen molar-refractivity contribution in [3.63, 3.8) is 0 Å². The second-order valence-electron chi connectivity index (χ2n) is 11.4. The Bertz CT molecular complexity index is 1910. The molecule has 0 spiro atoms. The number of hydrogen-bond donors (Lipinski definition) is 1. The van der Waals surface area contributed by atoms with E-state index in [4.69, 9.17) is 18.9 Å². The third-order valence-corrected chi connectivity index (χ3v) is 11.2. The number of benzene rings is 5. The van der Waals surface area contributed by atoms with Crippen molar-refractivity contribution in [2.45, 2.75) is 21.8 Å². The van der Waals surface area contributed by atoms with E-state index < -0.39 is 5.54 Å². The number of fused-ring (bicyclic) bond motifs is 1. The topological polar surface area (TPSA) is 52.2 Å². The van der Waals surface area contributed by atoms with Gasteiger partial charge in [-0.2, -0.15) is 0 Å². The minimum atomic E-state index is -0.440. The van der Waals surface area contributed by atoms with E-state index in [0.29, 0.717) is 0 Å². The number of nitrogens with one attached hydrogen (secondary N) is 1. The summed E-state index contributed by atoms with van der Waals surface area (Å²) in [6, 6.07) is 39.5. The first-order valence-corrected chi connectivity index (χ1v) is 17.2. The van der Waals surface area contributed by atoms with Crippen LogP contribution in [0.4, 0.5) is 22.7 Å². The summed E-state index contributed by atoms with van der Waals surface area (Å²) in [5.41, 5.74) is 4.92. The van der Waals surface area contributed by atoms with Gasteiger partial charge < -0.3 is 29.2 Å². The molecule has 1 unspecified atom stereocenters. The van der Waals surface area contributed by atoms with Gasteiger partial charge in [0.15, 0.2) is 0 Å². The number of allylic oxidation sites excluding steroid dienone is 1. The molecular weight excluding hydrogens is 637 g/mol. The Labute approximate surface area is 290 Å². The molecular formula is C40H36N2O4S2. The second kappa shape index (κ2) is 13.7. The van der Waals surface area contributed by atoms with Gasteiger partial charge in [0.05, 0.1) is 34.0 Å². The van der Waals surface area contributed by atoms with Crippen molar-refractivity contribution < 1.29 is 18.9 Å². The molecule has 7 rings (SSSR count). The second-order valence-corrected chi connectivity index (χ2v) is 13.6. The van der Waals surface area contributed by atoms with Crippen molar-refractivity contribution in [3.05, 3.63) is 143 Å². The van der Waals surface area contributed by atoms with E-state index in [9.17, 15) is 0 Å². The first kappa shape index (κ1) is 31.7. The average Bonchev–Trinajstić information content (AvgIpc) is 3.15. The standard InChI is InChI=1S/C40H36N2O4S2/c1-43-32-14-5-27(6-15-32)40(41-28-7-16-33(44-2)17-8-28)24-23-37-39(26-40)48-36-22-13-31(25-38(36)47-37)42(29-9-18-34(45-3)19-10-29)30-11-20-35(46-4)21-12-30/h5-25,41H,26H2,1-4H3. The summed E-state index contributed by atoms with van der Waals surface area (Å²) in [6.07, 6.45) is 5.39. The minimum absolute atomic E-state index is 0.440. The van der Waals surface area contributed by atoms with Crippen LogP contribution in [0.1, 0.15) is 12.0 Å². The zero-order valence-electron chi connectivity index (χ0n) is 27.2. The highest BCUT2D eigenvalue weighted by atomic mass is 32.2. The quantitative estimate of drug-likeness (QED) is 0.157. The molecule has 5 aromatic rings. The highest BCUT2D eigenvalue weighted by molar-refractivity contribution is 8.09. The Hall–Kier alpha value is -4.92. The number of anilines is 4. The molecule has 0 radical (unpaired) electrons. The zero-order chi connectivity index (χ0) is 33.1. The Morgan fingerprint density at radius 2 is 1.06 bits per heavy atom. The van der Waals surface area contributed by atoms with Gasteiger partial charge >= 0.3 is 0 Å². The van der Waals surface area contributed by atoms with Gasteiger partial charge in [0.2, 0.25) is 0 Å². The Kier molecular flexibility index (Phi) is 9.02. The van der Waals surface area contributed by atoms with Crippen molar-refractivity contribution in [1.29, 1.82) is 0 Å². The van der Waals surface area contributed by atoms with Gasteiger partial charge in [0, 0.05) is 48.8 Å². The van der Waals surface area contributed by atoms with Crippen molar-refractivity contribution in [2.24, 2.45) is 0 Å². The molecule has 0 aromatic heterocycles. The lowest BCUT2D eigenvalue weighted by Gasteiger charge is -2.39. The summed E-state index contributed by atoms with van der Waals surface area (Å²) in [5.74, 6) is 3.31. The number of hydrogen-bond acceptors (Lipinski definition) is 8. The van der Waals surface area contributed by atoms with Gasteiger partial charge in [-0.25, -0.2) is 0 Å². The predicted molar refractivity (Wildman–Crippen MR) is 198 cm³/mol. The number of methoxy groups -OCH3 is 4. The molecule has 1 atom stereocenters. The van der Waals surface area contributed by atoms with Gasteiger partial charge in [-0.15, -0.1) is 0 Å². The smallest absolute Gasteiger partial charge is 0.119 e. The van der Waals surface area contributed by atoms with Gasteiger partial charge in [-0.05, 0) is 115 Å². The van der Waals surface area contributed by atoms with E-state index in [1.165, 1.54) is 25.2 Å². The van der Waals surface area contributed by atoms with Crippen LogP contribution < -0.4 is 29.2 Å². The maximum Gasteiger partial charge on any atom is 0.119 e. The van der Waals surface area contributed by atoms with Gasteiger partial charge in [0.25, 0.3) is 0 Å². The van der Waals surface area contributed by atoms with Crippen molar-refractivity contribution in [3.8, 4) is 23.0 Å². The third-order valence-electron chi connectivity index (χ3n) is 8.60. The van der Waals surface area contributed by atoms with Crippen LogP contribution in [0.3, 0.4) is 0 Å². The molecule has 1 heterocycles. The first-order valence-electron chi connectivity index (χ1n) is 15.6. The lowest BCUT2D eigenvalue weighted by atomic mass is 9.83. The van der Waals surface area contributed by atoms with Gasteiger partial charge in [-0.3, -0.25) is 0 Å². The molecule has 6 nitrogen and oxygen atoms in total. The first-order chi connectivity index (χ1) is 23.5. The normalized spacial score (nSPS) is 16.4. The average molecular weight is 673 g/mol. The molecule has 2 aliphatic rings. The van der Waals surface area contributed by atoms with Gasteiger partial charge in [0.1, 0.15) is 23.0 Å². The Morgan fingerprint density at radius 1 is 0.562 bits per heavy atom. The van der Waals surface area contributed by atoms with Crippen LogP contribution in [0.25, 0.3) is 0 Å². The van der Waals surface area contributed by atoms with Crippen LogP contribution in [0.15, 0.2) is 147 Å². The van der Waals surface area contributed by atoms with Crippen molar-refractivity contribution >= 4 is 46.3 Å². The fourth-order valence-corrected chi connectivity index (χ4v) is 8.46. The predicted octanol–water partition coefficient (Wildman–Crippen LogP) is 10.6. The van der Waals surface area contributed by atoms with Crippen LogP contribution in [0.5, 0.6) is 23.0 Å². The molecule has 0 saturated heterocycles. The molecule has 48 heavy (non-hydrogen) atoms. The monoisotopic (exact) mass is 672 g/mol. The van der Waals surface area contributed by atoms with Crippen LogP contribution in [-0.4, -0.2) is 28.4 Å². The third kappa shape index (κ3) is 6.33. The van der Waals surface area contributed by atoms with Crippen LogP contribution in [0, 0.1) is 0 Å². The summed E-state index contributed by atoms with van der Waals surface area (Å²) in [7, 11) is 6.76. The van der Waals surface area contributed by atoms with Crippen molar-refractivity contribution in [2.75, 3.05) is 38.7 Å². The van der Waals surface area contributed by atoms with Crippen LogP contribution in [0.2, 0.25) is 0 Å². The van der Waals surface area contributed by atoms with E-state index in [1.54, 1.807) is 28.4 Å². The summed E-state index contributed by atoms with van der Waals surface area (Å²) >= 11 is 3.68. The van der Waals surface area contributed by atoms with E-state index in [1.807, 2.05) is 72.1 Å². The fraction of sp³-hybridized carbons (Fsp3) is 0.150. The summed E-state index contributed by atoms with van der Waals surface area (Å²) in [6.45, 7) is 0. The number of rotatable bonds is 10. The Morgan fingerprint density at radius 3 is 1.60 bits per heavy atom. The maximum atomic E-state index is 5.48. The van der Waals surface area contributed by atoms with Crippen LogP contribution in [-0.2, 0) is 5.54 Å². The number of ether oxygens (including phenoxy) is 4. The highest BCUT2D eigenvalue weighted by Gasteiger charge is 2.36. The maximum absolute atomic E-state index is 5.48. The minimum Gasteiger partial charge on any atom is -0.497 e. The lowest BCUT2D eigenvalue weighted by Crippen LogP contribution is -2.35. The largest absolute Gasteiger partial charge is 0.497 e. The molecule has 242 valence electrons. The molecule has 0 saturated carbocycles. The summed E-state index contributed by atoms with van der Waals surface area (Å²) in [4.78, 5) is 7.34. The summed E-state index contributed by atoms with van der Waals surface area (Å²) in [5, 5.41) is 3.87. The summed E-state index contributed by atoms with van der Waals surface area (Å²) < 4.78 is 21.8. The number of nitrogens with zero attached hydrogens (tertiary/aromatic N) is 1. The Balaban J connectivity index is 1.21. The lowest BCUT2D eigenvalue weighted by molar-refractivity contribution is 0.414. The van der Waals surface area contributed by atoms with E-state index in [0.717, 1.165) is 52.2 Å². The molecule has 0 fully saturated rings. The molecule has 0 bridgehead atoms. The molecule has 0 amide bonds. The van der Waals surface area contributed by atoms with Crippen molar-refractivity contribution in [1.82, 2.24) is 0 Å². The zero-order valence-corrected chi connectivity index (χ0v) is 28.9. The van der Waals surface area contributed by atoms with Gasteiger partial charge in [-0.1, -0.05) is 41.7 Å². The molecule has 1 N–H and O–H groups in total. The fourth-order valence-electron chi connectivity index (χ4n) is 6.03. The highest BCUT2D eigenvalue weighted by Crippen LogP contribution is 2.55. The van der Waals surface area contributed by atoms with E-state index in [-0.39, 0.29) is 0 Å². The molecule has 8 heteroatoms. The molecule has 1 aliphatic heterocycles. The molecule has 5 aromatic carbocycles. The SMILES string of the molecule is COc1ccc(NC2(c3ccc(OC)cc3)C=CC3=C(C2)Sc2ccc(N(c4ccc(OC)cc4)c4ccc(OC)cc4)cc2S3)cc1. The van der Waals surface area contributed by atoms with Crippen LogP contribution >= 0.6 is 23.5 Å². The van der Waals surface area contributed by atoms with E-state index in [2.05, 4.69) is 89.1 Å².